The highest BCUT2D eigenvalue weighted by molar-refractivity contribution is 7.99. The number of nitrogens with zero attached hydrogens (tertiary/aromatic N) is 5. The van der Waals surface area contributed by atoms with Gasteiger partial charge in [0, 0.05) is 13.0 Å². The molecule has 1 aliphatic rings. The number of aryl methyl sites for hydroxylation is 2. The maximum Gasteiger partial charge on any atom is 0.234 e. The van der Waals surface area contributed by atoms with Crippen molar-refractivity contribution in [3.05, 3.63) is 53.6 Å². The van der Waals surface area contributed by atoms with Crippen LogP contribution in [0.25, 0.3) is 5.69 Å². The van der Waals surface area contributed by atoms with E-state index in [9.17, 15) is 9.59 Å². The second kappa shape index (κ2) is 8.66. The summed E-state index contributed by atoms with van der Waals surface area (Å²) in [5, 5.41) is 15.3. The molecular formula is C21H22N6O2S. The average molecular weight is 423 g/mol. The standard InChI is InChI=1S/C21H22N6O2S/c1-14-9-10-16(12-15(14)2)27-21(23-24-25-27)30-13-19(28)22-17-6-3-4-7-18(17)26-11-5-8-20(26)29/h3-4,6-7,9-10,12H,5,8,11,13H2,1-2H3,(H,22,28). The Kier molecular flexibility index (Phi) is 5.80. The number of para-hydroxylation sites is 2. The van der Waals surface area contributed by atoms with Gasteiger partial charge in [0.05, 0.1) is 22.8 Å². The van der Waals surface area contributed by atoms with Gasteiger partial charge in [0.2, 0.25) is 17.0 Å². The first kappa shape index (κ1) is 20.1. The summed E-state index contributed by atoms with van der Waals surface area (Å²) in [6.07, 6.45) is 1.37. The van der Waals surface area contributed by atoms with Crippen molar-refractivity contribution < 1.29 is 9.59 Å². The van der Waals surface area contributed by atoms with Gasteiger partial charge < -0.3 is 10.2 Å². The zero-order chi connectivity index (χ0) is 21.1. The van der Waals surface area contributed by atoms with Crippen molar-refractivity contribution in [1.82, 2.24) is 20.2 Å². The smallest absolute Gasteiger partial charge is 0.234 e. The Morgan fingerprint density at radius 1 is 1.17 bits per heavy atom. The lowest BCUT2D eigenvalue weighted by Crippen LogP contribution is -2.26. The number of anilines is 2. The molecule has 8 nitrogen and oxygen atoms in total. The Morgan fingerprint density at radius 2 is 2.00 bits per heavy atom. The number of benzene rings is 2. The van der Waals surface area contributed by atoms with Gasteiger partial charge in [0.15, 0.2) is 0 Å². The van der Waals surface area contributed by atoms with Crippen LogP contribution in [0.3, 0.4) is 0 Å². The van der Waals surface area contributed by atoms with Crippen molar-refractivity contribution in [2.75, 3.05) is 22.5 Å². The molecule has 0 bridgehead atoms. The molecule has 0 aliphatic carbocycles. The molecule has 3 aromatic rings. The molecule has 1 aliphatic heterocycles. The normalized spacial score (nSPS) is 13.7. The highest BCUT2D eigenvalue weighted by atomic mass is 32.2. The summed E-state index contributed by atoms with van der Waals surface area (Å²) in [4.78, 5) is 26.4. The quantitative estimate of drug-likeness (QED) is 0.614. The fourth-order valence-corrected chi connectivity index (χ4v) is 4.01. The molecular weight excluding hydrogens is 400 g/mol. The van der Waals surface area contributed by atoms with E-state index in [4.69, 9.17) is 0 Å². The van der Waals surface area contributed by atoms with Crippen LogP contribution in [-0.4, -0.2) is 44.3 Å². The van der Waals surface area contributed by atoms with Gasteiger partial charge in [-0.15, -0.1) is 5.10 Å². The van der Waals surface area contributed by atoms with Crippen LogP contribution in [0.15, 0.2) is 47.6 Å². The summed E-state index contributed by atoms with van der Waals surface area (Å²) in [7, 11) is 0. The van der Waals surface area contributed by atoms with E-state index < -0.39 is 0 Å². The largest absolute Gasteiger partial charge is 0.324 e. The van der Waals surface area contributed by atoms with Gasteiger partial charge in [-0.2, -0.15) is 4.68 Å². The molecule has 154 valence electrons. The Morgan fingerprint density at radius 3 is 2.77 bits per heavy atom. The molecule has 1 N–H and O–H groups in total. The van der Waals surface area contributed by atoms with Crippen LogP contribution < -0.4 is 10.2 Å². The number of carbonyl (C=O) groups is 2. The minimum absolute atomic E-state index is 0.0821. The first-order valence-electron chi connectivity index (χ1n) is 9.71. The lowest BCUT2D eigenvalue weighted by molar-refractivity contribution is -0.117. The van der Waals surface area contributed by atoms with Gasteiger partial charge in [-0.1, -0.05) is 30.0 Å². The maximum atomic E-state index is 12.6. The Balaban J connectivity index is 1.44. The summed E-state index contributed by atoms with van der Waals surface area (Å²) in [6.45, 7) is 4.75. The van der Waals surface area contributed by atoms with E-state index in [-0.39, 0.29) is 17.6 Å². The second-order valence-electron chi connectivity index (χ2n) is 7.14. The van der Waals surface area contributed by atoms with Gasteiger partial charge in [-0.3, -0.25) is 9.59 Å². The van der Waals surface area contributed by atoms with Crippen molar-refractivity contribution in [1.29, 1.82) is 0 Å². The third-order valence-electron chi connectivity index (χ3n) is 5.05. The van der Waals surface area contributed by atoms with Crippen LogP contribution in [0.5, 0.6) is 0 Å². The fraction of sp³-hybridized carbons (Fsp3) is 0.286. The number of rotatable bonds is 6. The van der Waals surface area contributed by atoms with E-state index >= 15 is 0 Å². The van der Waals surface area contributed by atoms with Crippen LogP contribution in [0.1, 0.15) is 24.0 Å². The van der Waals surface area contributed by atoms with Gasteiger partial charge in [0.25, 0.3) is 0 Å². The van der Waals surface area contributed by atoms with E-state index in [1.807, 2.05) is 56.3 Å². The minimum atomic E-state index is -0.186. The summed E-state index contributed by atoms with van der Waals surface area (Å²) in [5.74, 6) is 0.0420. The number of thioether (sulfide) groups is 1. The minimum Gasteiger partial charge on any atom is -0.324 e. The molecule has 0 spiro atoms. The van der Waals surface area contributed by atoms with Crippen molar-refractivity contribution >= 4 is 35.0 Å². The first-order valence-corrected chi connectivity index (χ1v) is 10.7. The molecule has 1 aromatic heterocycles. The Labute approximate surface area is 178 Å². The summed E-state index contributed by atoms with van der Waals surface area (Å²) < 4.78 is 1.63. The number of hydrogen-bond donors (Lipinski definition) is 1. The number of aromatic nitrogens is 4. The van der Waals surface area contributed by atoms with E-state index in [2.05, 4.69) is 20.8 Å². The Bertz CT molecular complexity index is 1100. The molecule has 2 aromatic carbocycles. The third-order valence-corrected chi connectivity index (χ3v) is 5.97. The summed E-state index contributed by atoms with van der Waals surface area (Å²) >= 11 is 1.26. The molecule has 30 heavy (non-hydrogen) atoms. The predicted octanol–water partition coefficient (Wildman–Crippen LogP) is 3.14. The first-order chi connectivity index (χ1) is 14.5. The maximum absolute atomic E-state index is 12.6. The van der Waals surface area contributed by atoms with Crippen molar-refractivity contribution in [2.24, 2.45) is 0 Å². The molecule has 4 rings (SSSR count). The predicted molar refractivity (Wildman–Crippen MR) is 116 cm³/mol. The highest BCUT2D eigenvalue weighted by Crippen LogP contribution is 2.29. The number of carbonyl (C=O) groups excluding carboxylic acids is 2. The highest BCUT2D eigenvalue weighted by Gasteiger charge is 2.24. The van der Waals surface area contributed by atoms with Gasteiger partial charge >= 0.3 is 0 Å². The molecule has 9 heteroatoms. The van der Waals surface area contributed by atoms with E-state index in [1.165, 1.54) is 17.3 Å². The zero-order valence-corrected chi connectivity index (χ0v) is 17.6. The summed E-state index contributed by atoms with van der Waals surface area (Å²) in [6, 6.07) is 13.3. The van der Waals surface area contributed by atoms with Crippen molar-refractivity contribution in [3.63, 3.8) is 0 Å². The topological polar surface area (TPSA) is 93.0 Å². The summed E-state index contributed by atoms with van der Waals surface area (Å²) in [5.41, 5.74) is 4.55. The van der Waals surface area contributed by atoms with Gasteiger partial charge in [0.1, 0.15) is 0 Å². The molecule has 2 amide bonds. The molecule has 2 heterocycles. The van der Waals surface area contributed by atoms with Crippen LogP contribution in [-0.2, 0) is 9.59 Å². The van der Waals surface area contributed by atoms with Crippen LogP contribution in [0, 0.1) is 13.8 Å². The van der Waals surface area contributed by atoms with Crippen molar-refractivity contribution in [3.8, 4) is 5.69 Å². The van der Waals surface area contributed by atoms with E-state index in [1.54, 1.807) is 9.58 Å². The fourth-order valence-electron chi connectivity index (χ4n) is 3.32. The van der Waals surface area contributed by atoms with Crippen LogP contribution in [0.2, 0.25) is 0 Å². The van der Waals surface area contributed by atoms with Crippen LogP contribution in [0.4, 0.5) is 11.4 Å². The zero-order valence-electron chi connectivity index (χ0n) is 16.8. The lowest BCUT2D eigenvalue weighted by Gasteiger charge is -2.19. The molecule has 0 saturated carbocycles. The third kappa shape index (κ3) is 4.20. The van der Waals surface area contributed by atoms with Crippen molar-refractivity contribution in [2.45, 2.75) is 31.8 Å². The molecule has 0 atom stereocenters. The van der Waals surface area contributed by atoms with Gasteiger partial charge in [-0.25, -0.2) is 0 Å². The number of nitrogens with one attached hydrogen (secondary N) is 1. The van der Waals surface area contributed by atoms with Gasteiger partial charge in [-0.05, 0) is 66.1 Å². The average Bonchev–Trinajstić information content (AvgIpc) is 3.38. The van der Waals surface area contributed by atoms with E-state index in [0.29, 0.717) is 23.8 Å². The second-order valence-corrected chi connectivity index (χ2v) is 8.09. The molecule has 0 radical (unpaired) electrons. The molecule has 0 unspecified atom stereocenters. The molecule has 1 fully saturated rings. The van der Waals surface area contributed by atoms with E-state index in [0.717, 1.165) is 23.4 Å². The number of amides is 2. The monoisotopic (exact) mass is 422 g/mol. The van der Waals surface area contributed by atoms with Crippen LogP contribution >= 0.6 is 11.8 Å². The molecule has 1 saturated heterocycles. The SMILES string of the molecule is Cc1ccc(-n2nnnc2SCC(=O)Nc2ccccc2N2CCCC2=O)cc1C. The number of tetrazole rings is 1. The Hall–Kier alpha value is -3.20. The lowest BCUT2D eigenvalue weighted by atomic mass is 10.1. The number of hydrogen-bond acceptors (Lipinski definition) is 6.